The van der Waals surface area contributed by atoms with Gasteiger partial charge in [-0.05, 0) is 63.4 Å². The van der Waals surface area contributed by atoms with Gasteiger partial charge in [-0.3, -0.25) is 9.59 Å². The Morgan fingerprint density at radius 2 is 1.71 bits per heavy atom. The molecule has 0 spiro atoms. The van der Waals surface area contributed by atoms with Crippen LogP contribution in [-0.2, 0) is 16.0 Å². The van der Waals surface area contributed by atoms with Crippen LogP contribution in [0.25, 0.3) is 0 Å². The first kappa shape index (κ1) is 25.3. The molecule has 0 aliphatic carbocycles. The molecule has 31 heavy (non-hydrogen) atoms. The Hall–Kier alpha value is -1.98. The lowest BCUT2D eigenvalue weighted by molar-refractivity contribution is -0.141. The molecule has 168 valence electrons. The topological polar surface area (TPSA) is 49.4 Å². The maximum atomic E-state index is 13.2. The minimum atomic E-state index is -0.476. The number of carbonyl (C=O) groups excluding carboxylic acids is 2. The van der Waals surface area contributed by atoms with Crippen molar-refractivity contribution in [3.05, 3.63) is 65.2 Å². The maximum Gasteiger partial charge on any atom is 0.243 e. The van der Waals surface area contributed by atoms with Gasteiger partial charge in [0.2, 0.25) is 11.8 Å². The highest BCUT2D eigenvalue weighted by Crippen LogP contribution is 2.22. The Morgan fingerprint density at radius 1 is 1.06 bits per heavy atom. The van der Waals surface area contributed by atoms with Gasteiger partial charge in [0.15, 0.2) is 0 Å². The van der Waals surface area contributed by atoms with E-state index in [0.717, 1.165) is 16.9 Å². The Kier molecular flexibility index (Phi) is 9.92. The molecule has 0 aliphatic heterocycles. The fourth-order valence-corrected chi connectivity index (χ4v) is 4.25. The number of nitrogens with one attached hydrogen (secondary N) is 1. The predicted molar refractivity (Wildman–Crippen MR) is 131 cm³/mol. The molecule has 0 radical (unpaired) electrons. The average Bonchev–Trinajstić information content (AvgIpc) is 2.71. The molecule has 2 aromatic rings. The van der Waals surface area contributed by atoms with Gasteiger partial charge < -0.3 is 10.2 Å². The van der Waals surface area contributed by atoms with Crippen LogP contribution < -0.4 is 5.32 Å². The van der Waals surface area contributed by atoms with Crippen molar-refractivity contribution in [2.75, 3.05) is 12.3 Å². The predicted octanol–water partition coefficient (Wildman–Crippen LogP) is 5.59. The molecular weight excluding hydrogens is 428 g/mol. The normalized spacial score (nSPS) is 12.3. The Bertz CT molecular complexity index is 835. The van der Waals surface area contributed by atoms with Crippen LogP contribution in [-0.4, -0.2) is 40.6 Å². The molecule has 2 amide bonds. The summed E-state index contributed by atoms with van der Waals surface area (Å²) in [4.78, 5) is 29.0. The van der Waals surface area contributed by atoms with E-state index in [0.29, 0.717) is 30.2 Å². The molecule has 6 heteroatoms. The van der Waals surface area contributed by atoms with E-state index in [-0.39, 0.29) is 17.4 Å². The summed E-state index contributed by atoms with van der Waals surface area (Å²) in [6.45, 7) is 8.34. The van der Waals surface area contributed by atoms with E-state index in [1.807, 2.05) is 70.2 Å². The molecule has 0 bridgehead atoms. The fourth-order valence-electron chi connectivity index (χ4n) is 3.28. The molecule has 0 aliphatic rings. The lowest BCUT2D eigenvalue weighted by atomic mass is 10.1. The molecule has 4 nitrogen and oxygen atoms in total. The van der Waals surface area contributed by atoms with Gasteiger partial charge in [-0.1, -0.05) is 48.9 Å². The molecule has 0 saturated heterocycles. The minimum absolute atomic E-state index is 0.00769. The number of rotatable bonds is 10. The van der Waals surface area contributed by atoms with Crippen LogP contribution in [0.3, 0.4) is 0 Å². The third-order valence-electron chi connectivity index (χ3n) is 4.77. The second kappa shape index (κ2) is 12.2. The third-order valence-corrected chi connectivity index (χ3v) is 6.03. The van der Waals surface area contributed by atoms with Gasteiger partial charge in [0.05, 0.1) is 0 Å². The van der Waals surface area contributed by atoms with Gasteiger partial charge in [-0.25, -0.2) is 0 Å². The maximum absolute atomic E-state index is 13.2. The van der Waals surface area contributed by atoms with E-state index in [2.05, 4.69) is 17.4 Å². The van der Waals surface area contributed by atoms with E-state index in [1.165, 1.54) is 0 Å². The van der Waals surface area contributed by atoms with Crippen molar-refractivity contribution in [1.82, 2.24) is 10.2 Å². The Morgan fingerprint density at radius 3 is 2.29 bits per heavy atom. The molecule has 0 aromatic heterocycles. The first-order valence-corrected chi connectivity index (χ1v) is 12.1. The summed E-state index contributed by atoms with van der Waals surface area (Å²) in [5.41, 5.74) is 0.810. The smallest absolute Gasteiger partial charge is 0.243 e. The van der Waals surface area contributed by atoms with Crippen LogP contribution in [0.5, 0.6) is 0 Å². The first-order chi connectivity index (χ1) is 14.7. The van der Waals surface area contributed by atoms with E-state index >= 15 is 0 Å². The Balaban J connectivity index is 2.07. The number of thioether (sulfide) groups is 1. The number of carbonyl (C=O) groups is 2. The molecule has 0 heterocycles. The second-order valence-electron chi connectivity index (χ2n) is 8.54. The number of benzene rings is 2. The zero-order chi connectivity index (χ0) is 22.9. The average molecular weight is 461 g/mol. The van der Waals surface area contributed by atoms with Crippen molar-refractivity contribution in [1.29, 1.82) is 0 Å². The fraction of sp³-hybridized carbons (Fsp3) is 0.440. The highest BCUT2D eigenvalue weighted by Gasteiger charge is 2.30. The summed E-state index contributed by atoms with van der Waals surface area (Å²) in [6, 6.07) is 17.2. The molecule has 0 saturated carbocycles. The second-order valence-corrected chi connectivity index (χ2v) is 10.1. The standard InChI is InChI=1S/C25H33ClN2O2S/c1-5-22(24(30)27-25(2,3)4)28(17-15-19-9-7-6-8-10-19)23(29)16-18-31-21-13-11-20(26)12-14-21/h6-14,22H,5,15-18H2,1-4H3,(H,27,30)/t22-/m1/s1. The van der Waals surface area contributed by atoms with Crippen molar-refractivity contribution >= 4 is 35.2 Å². The van der Waals surface area contributed by atoms with Crippen LogP contribution in [0, 0.1) is 0 Å². The largest absolute Gasteiger partial charge is 0.350 e. The van der Waals surface area contributed by atoms with Gasteiger partial charge >= 0.3 is 0 Å². The minimum Gasteiger partial charge on any atom is -0.350 e. The van der Waals surface area contributed by atoms with Gasteiger partial charge in [-0.15, -0.1) is 11.8 Å². The van der Waals surface area contributed by atoms with Crippen molar-refractivity contribution in [2.24, 2.45) is 0 Å². The number of nitrogens with zero attached hydrogens (tertiary/aromatic N) is 1. The first-order valence-electron chi connectivity index (χ1n) is 10.7. The van der Waals surface area contributed by atoms with E-state index < -0.39 is 6.04 Å². The third kappa shape index (κ3) is 8.96. The van der Waals surface area contributed by atoms with Crippen LogP contribution in [0.1, 0.15) is 46.1 Å². The summed E-state index contributed by atoms with van der Waals surface area (Å²) in [5, 5.41) is 3.74. The van der Waals surface area contributed by atoms with E-state index in [1.54, 1.807) is 16.7 Å². The summed E-state index contributed by atoms with van der Waals surface area (Å²) >= 11 is 7.56. The lowest BCUT2D eigenvalue weighted by Gasteiger charge is -2.33. The summed E-state index contributed by atoms with van der Waals surface area (Å²) < 4.78 is 0. The van der Waals surface area contributed by atoms with Crippen molar-refractivity contribution in [3.8, 4) is 0 Å². The summed E-state index contributed by atoms with van der Waals surface area (Å²) in [7, 11) is 0. The summed E-state index contributed by atoms with van der Waals surface area (Å²) in [5.74, 6) is 0.565. The van der Waals surface area contributed by atoms with Gasteiger partial charge in [0.25, 0.3) is 0 Å². The monoisotopic (exact) mass is 460 g/mol. The molecular formula is C25H33ClN2O2S. The van der Waals surface area contributed by atoms with E-state index in [4.69, 9.17) is 11.6 Å². The van der Waals surface area contributed by atoms with Gasteiger partial charge in [-0.2, -0.15) is 0 Å². The molecule has 1 N–H and O–H groups in total. The van der Waals surface area contributed by atoms with Crippen LogP contribution >= 0.6 is 23.4 Å². The molecule has 2 aromatic carbocycles. The highest BCUT2D eigenvalue weighted by atomic mass is 35.5. The van der Waals surface area contributed by atoms with Crippen molar-refractivity contribution < 1.29 is 9.59 Å². The zero-order valence-electron chi connectivity index (χ0n) is 18.9. The quantitative estimate of drug-likeness (QED) is 0.470. The van der Waals surface area contributed by atoms with E-state index in [9.17, 15) is 9.59 Å². The van der Waals surface area contributed by atoms with Crippen LogP contribution in [0.2, 0.25) is 5.02 Å². The molecule has 2 rings (SSSR count). The van der Waals surface area contributed by atoms with Gasteiger partial charge in [0.1, 0.15) is 6.04 Å². The van der Waals surface area contributed by atoms with Crippen LogP contribution in [0.15, 0.2) is 59.5 Å². The number of amides is 2. The number of halogens is 1. The van der Waals surface area contributed by atoms with Crippen molar-refractivity contribution in [2.45, 2.75) is 63.4 Å². The highest BCUT2D eigenvalue weighted by molar-refractivity contribution is 7.99. The molecule has 1 atom stereocenters. The van der Waals surface area contributed by atoms with Gasteiger partial charge in [0, 0.05) is 34.2 Å². The van der Waals surface area contributed by atoms with Crippen LogP contribution in [0.4, 0.5) is 0 Å². The zero-order valence-corrected chi connectivity index (χ0v) is 20.4. The molecule has 0 unspecified atom stereocenters. The van der Waals surface area contributed by atoms with Crippen molar-refractivity contribution in [3.63, 3.8) is 0 Å². The lowest BCUT2D eigenvalue weighted by Crippen LogP contribution is -2.54. The summed E-state index contributed by atoms with van der Waals surface area (Å²) in [6.07, 6.45) is 1.67. The number of hydrogen-bond donors (Lipinski definition) is 1. The molecule has 0 fully saturated rings. The number of hydrogen-bond acceptors (Lipinski definition) is 3. The Labute approximate surface area is 195 Å². The SMILES string of the molecule is CC[C@H](C(=O)NC(C)(C)C)N(CCc1ccccc1)C(=O)CCSc1ccc(Cl)cc1.